The second-order valence-corrected chi connectivity index (χ2v) is 5.71. The van der Waals surface area contributed by atoms with E-state index in [1.54, 1.807) is 7.05 Å². The number of benzene rings is 1. The molecule has 1 N–H and O–H groups in total. The van der Waals surface area contributed by atoms with Gasteiger partial charge in [-0.25, -0.2) is 4.79 Å². The first-order chi connectivity index (χ1) is 10.8. The predicted octanol–water partition coefficient (Wildman–Crippen LogP) is 1.23. The molecule has 0 aliphatic carbocycles. The Morgan fingerprint density at radius 3 is 2.26 bits per heavy atom. The summed E-state index contributed by atoms with van der Waals surface area (Å²) < 4.78 is 2.23. The van der Waals surface area contributed by atoms with Gasteiger partial charge in [-0.3, -0.25) is 13.9 Å². The van der Waals surface area contributed by atoms with Crippen molar-refractivity contribution in [2.45, 2.75) is 20.3 Å². The molecule has 0 amide bonds. The van der Waals surface area contributed by atoms with E-state index in [0.717, 1.165) is 11.0 Å². The molecule has 1 aromatic carbocycles. The molecule has 0 bridgehead atoms. The van der Waals surface area contributed by atoms with E-state index in [1.165, 1.54) is 28.3 Å². The zero-order valence-electron chi connectivity index (χ0n) is 13.8. The van der Waals surface area contributed by atoms with Gasteiger partial charge < -0.3 is 5.32 Å². The Balaban J connectivity index is 2.26. The first-order valence-electron chi connectivity index (χ1n) is 7.36. The van der Waals surface area contributed by atoms with Crippen molar-refractivity contribution in [1.82, 2.24) is 9.13 Å². The molecular weight excluding hydrogens is 292 g/mol. The summed E-state index contributed by atoms with van der Waals surface area (Å²) in [7, 11) is 2.91. The number of rotatable bonds is 4. The van der Waals surface area contributed by atoms with Gasteiger partial charge in [-0.05, 0) is 25.8 Å². The van der Waals surface area contributed by atoms with Crippen molar-refractivity contribution in [2.24, 2.45) is 14.1 Å². The van der Waals surface area contributed by atoms with Crippen LogP contribution in [0.5, 0.6) is 0 Å². The molecule has 0 saturated heterocycles. The number of nitrogens with zero attached hydrogens (tertiary/aromatic N) is 3. The van der Waals surface area contributed by atoms with Gasteiger partial charge in [-0.15, -0.1) is 0 Å². The Kier molecular flexibility index (Phi) is 4.70. The monoisotopic (exact) mass is 312 g/mol. The molecule has 0 aliphatic rings. The molecule has 0 unspecified atom stereocenters. The summed E-state index contributed by atoms with van der Waals surface area (Å²) in [6.45, 7) is 4.61. The molecule has 0 aliphatic heterocycles. The molecule has 0 spiro atoms. The molecular formula is C17H20N4O2. The van der Waals surface area contributed by atoms with Crippen molar-refractivity contribution in [3.05, 3.63) is 61.3 Å². The molecule has 0 saturated carbocycles. The number of hydrogen-bond acceptors (Lipinski definition) is 4. The third kappa shape index (κ3) is 3.34. The maximum absolute atomic E-state index is 12.0. The van der Waals surface area contributed by atoms with Crippen molar-refractivity contribution in [3.63, 3.8) is 0 Å². The molecule has 0 radical (unpaired) electrons. The van der Waals surface area contributed by atoms with Gasteiger partial charge in [0.15, 0.2) is 5.56 Å². The average molecular weight is 312 g/mol. The number of nitriles is 1. The quantitative estimate of drug-likeness (QED) is 0.921. The lowest BCUT2D eigenvalue weighted by Gasteiger charge is -2.14. The fourth-order valence-electron chi connectivity index (χ4n) is 2.69. The molecule has 6 nitrogen and oxygen atoms in total. The van der Waals surface area contributed by atoms with Crippen LogP contribution >= 0.6 is 0 Å². The number of hydrogen-bond donors (Lipinski definition) is 1. The van der Waals surface area contributed by atoms with E-state index in [-0.39, 0.29) is 11.4 Å². The van der Waals surface area contributed by atoms with Crippen LogP contribution in [0.4, 0.5) is 5.82 Å². The first kappa shape index (κ1) is 16.6. The van der Waals surface area contributed by atoms with Crippen molar-refractivity contribution in [2.75, 3.05) is 11.9 Å². The highest BCUT2D eigenvalue weighted by Gasteiger charge is 2.14. The van der Waals surface area contributed by atoms with E-state index < -0.39 is 11.2 Å². The average Bonchev–Trinajstić information content (AvgIpc) is 2.49. The Hall–Kier alpha value is -2.81. The molecule has 120 valence electrons. The van der Waals surface area contributed by atoms with Crippen LogP contribution in [0.25, 0.3) is 0 Å². The van der Waals surface area contributed by atoms with Crippen LogP contribution in [0.15, 0.2) is 27.8 Å². The summed E-state index contributed by atoms with van der Waals surface area (Å²) in [6, 6.07) is 8.19. The summed E-state index contributed by atoms with van der Waals surface area (Å²) in [5, 5.41) is 12.3. The summed E-state index contributed by atoms with van der Waals surface area (Å²) in [6.07, 6.45) is 0.733. The molecule has 6 heteroatoms. The van der Waals surface area contributed by atoms with Gasteiger partial charge in [0.1, 0.15) is 11.9 Å². The zero-order chi connectivity index (χ0) is 17.1. The Morgan fingerprint density at radius 1 is 1.09 bits per heavy atom. The highest BCUT2D eigenvalue weighted by molar-refractivity contribution is 5.51. The lowest BCUT2D eigenvalue weighted by Crippen LogP contribution is -2.40. The second kappa shape index (κ2) is 6.53. The zero-order valence-corrected chi connectivity index (χ0v) is 13.8. The van der Waals surface area contributed by atoms with Crippen LogP contribution < -0.4 is 16.6 Å². The van der Waals surface area contributed by atoms with Gasteiger partial charge in [-0.1, -0.05) is 29.3 Å². The fraction of sp³-hybridized carbons (Fsp3) is 0.353. The second-order valence-electron chi connectivity index (χ2n) is 5.71. The van der Waals surface area contributed by atoms with Gasteiger partial charge in [-0.2, -0.15) is 5.26 Å². The summed E-state index contributed by atoms with van der Waals surface area (Å²) in [5.41, 5.74) is 2.47. The minimum atomic E-state index is -0.579. The maximum Gasteiger partial charge on any atom is 0.332 e. The van der Waals surface area contributed by atoms with Gasteiger partial charge in [0.2, 0.25) is 0 Å². The number of anilines is 1. The van der Waals surface area contributed by atoms with E-state index >= 15 is 0 Å². The summed E-state index contributed by atoms with van der Waals surface area (Å²) >= 11 is 0. The number of aryl methyl sites for hydroxylation is 2. The van der Waals surface area contributed by atoms with E-state index in [4.69, 9.17) is 0 Å². The molecule has 23 heavy (non-hydrogen) atoms. The minimum absolute atomic E-state index is 0.0463. The van der Waals surface area contributed by atoms with E-state index in [9.17, 15) is 14.9 Å². The van der Waals surface area contributed by atoms with Crippen LogP contribution in [0.1, 0.15) is 22.3 Å². The lowest BCUT2D eigenvalue weighted by atomic mass is 10.1. The van der Waals surface area contributed by atoms with Crippen LogP contribution in [0.2, 0.25) is 0 Å². The molecule has 2 rings (SSSR count). The standard InChI is InChI=1S/C17H20N4O2/c1-11-7-12(2)9-13(8-11)5-6-19-15-14(10-18)16(22)21(4)17(23)20(15)3/h7-9,19H,5-6H2,1-4H3. The van der Waals surface area contributed by atoms with Crippen molar-refractivity contribution in [3.8, 4) is 6.07 Å². The Bertz CT molecular complexity index is 880. The van der Waals surface area contributed by atoms with E-state index in [1.807, 2.05) is 19.9 Å². The molecule has 1 aromatic heterocycles. The predicted molar refractivity (Wildman–Crippen MR) is 89.7 cm³/mol. The topological polar surface area (TPSA) is 79.8 Å². The van der Waals surface area contributed by atoms with Gasteiger partial charge in [0.25, 0.3) is 5.56 Å². The summed E-state index contributed by atoms with van der Waals surface area (Å²) in [5.74, 6) is 0.268. The van der Waals surface area contributed by atoms with Crippen LogP contribution in [-0.4, -0.2) is 15.7 Å². The number of aromatic nitrogens is 2. The van der Waals surface area contributed by atoms with Crippen LogP contribution in [0.3, 0.4) is 0 Å². The fourth-order valence-corrected chi connectivity index (χ4v) is 2.69. The highest BCUT2D eigenvalue weighted by Crippen LogP contribution is 2.11. The molecule has 0 fully saturated rings. The minimum Gasteiger partial charge on any atom is -0.370 e. The van der Waals surface area contributed by atoms with E-state index in [0.29, 0.717) is 6.54 Å². The normalized spacial score (nSPS) is 10.4. The van der Waals surface area contributed by atoms with Gasteiger partial charge in [0.05, 0.1) is 0 Å². The third-order valence-corrected chi connectivity index (χ3v) is 3.76. The lowest BCUT2D eigenvalue weighted by molar-refractivity contribution is 0.685. The van der Waals surface area contributed by atoms with Crippen LogP contribution in [-0.2, 0) is 20.5 Å². The van der Waals surface area contributed by atoms with Gasteiger partial charge >= 0.3 is 5.69 Å². The van der Waals surface area contributed by atoms with Crippen molar-refractivity contribution < 1.29 is 0 Å². The Morgan fingerprint density at radius 2 is 1.70 bits per heavy atom. The maximum atomic E-state index is 12.0. The Labute approximate surface area is 134 Å². The molecule has 0 atom stereocenters. The summed E-state index contributed by atoms with van der Waals surface area (Å²) in [4.78, 5) is 24.0. The number of nitrogens with one attached hydrogen (secondary N) is 1. The highest BCUT2D eigenvalue weighted by atomic mass is 16.2. The largest absolute Gasteiger partial charge is 0.370 e. The molecule has 1 heterocycles. The van der Waals surface area contributed by atoms with Crippen LogP contribution in [0, 0.1) is 25.2 Å². The first-order valence-corrected chi connectivity index (χ1v) is 7.36. The van der Waals surface area contributed by atoms with Crippen molar-refractivity contribution in [1.29, 1.82) is 5.26 Å². The smallest absolute Gasteiger partial charge is 0.332 e. The van der Waals surface area contributed by atoms with Gasteiger partial charge in [0, 0.05) is 20.6 Å². The third-order valence-electron chi connectivity index (χ3n) is 3.76. The molecule has 2 aromatic rings. The van der Waals surface area contributed by atoms with E-state index in [2.05, 4.69) is 23.5 Å². The SMILES string of the molecule is Cc1cc(C)cc(CCNc2c(C#N)c(=O)n(C)c(=O)n2C)c1. The van der Waals surface area contributed by atoms with Crippen molar-refractivity contribution >= 4 is 5.82 Å².